The molecule has 1 N–H and O–H groups in total. The first-order valence-electron chi connectivity index (χ1n) is 7.59. The molecule has 2 heterocycles. The van der Waals surface area contributed by atoms with Crippen molar-refractivity contribution in [2.45, 2.75) is 39.0 Å². The summed E-state index contributed by atoms with van der Waals surface area (Å²) in [7, 11) is 0. The van der Waals surface area contributed by atoms with Crippen LogP contribution in [-0.4, -0.2) is 40.6 Å². The Labute approximate surface area is 131 Å². The highest BCUT2D eigenvalue weighted by Crippen LogP contribution is 2.23. The Kier molecular flexibility index (Phi) is 5.59. The number of pyridine rings is 1. The molecule has 21 heavy (non-hydrogen) atoms. The number of halogens is 1. The van der Waals surface area contributed by atoms with Crippen LogP contribution in [-0.2, 0) is 0 Å². The zero-order chi connectivity index (χ0) is 15.4. The number of nitrogens with zero attached hydrogens (tertiary/aromatic N) is 2. The lowest BCUT2D eigenvalue weighted by Crippen LogP contribution is -2.40. The van der Waals surface area contributed by atoms with E-state index in [0.29, 0.717) is 16.6 Å². The maximum Gasteiger partial charge on any atom is 0.254 e. The van der Waals surface area contributed by atoms with Gasteiger partial charge in [-0.15, -0.1) is 0 Å². The van der Waals surface area contributed by atoms with E-state index >= 15 is 0 Å². The summed E-state index contributed by atoms with van der Waals surface area (Å²) in [4.78, 5) is 18.8. The van der Waals surface area contributed by atoms with Gasteiger partial charge in [0.2, 0.25) is 0 Å². The molecule has 1 atom stereocenters. The van der Waals surface area contributed by atoms with Crippen molar-refractivity contribution >= 4 is 17.5 Å². The van der Waals surface area contributed by atoms with Gasteiger partial charge in [0.25, 0.3) is 5.91 Å². The fourth-order valence-electron chi connectivity index (χ4n) is 2.79. The van der Waals surface area contributed by atoms with Crippen LogP contribution >= 0.6 is 11.6 Å². The van der Waals surface area contributed by atoms with Crippen LogP contribution in [0.15, 0.2) is 12.1 Å². The maximum absolute atomic E-state index is 12.7. The lowest BCUT2D eigenvalue weighted by atomic mass is 9.94. The number of aliphatic hydroxyl groups excluding tert-OH is 1. The van der Waals surface area contributed by atoms with Crippen LogP contribution in [0.2, 0.25) is 5.15 Å². The highest BCUT2D eigenvalue weighted by atomic mass is 35.5. The molecule has 0 aromatic carbocycles. The molecule has 1 aliphatic heterocycles. The van der Waals surface area contributed by atoms with Crippen LogP contribution in [0.1, 0.15) is 55.1 Å². The molecule has 0 bridgehead atoms. The summed E-state index contributed by atoms with van der Waals surface area (Å²) >= 11 is 6.04. The van der Waals surface area contributed by atoms with Gasteiger partial charge in [-0.3, -0.25) is 4.79 Å². The Balaban J connectivity index is 2.15. The maximum atomic E-state index is 12.7. The third kappa shape index (κ3) is 4.17. The molecule has 0 aliphatic carbocycles. The third-order valence-corrected chi connectivity index (χ3v) is 4.19. The van der Waals surface area contributed by atoms with E-state index in [1.54, 1.807) is 6.07 Å². The van der Waals surface area contributed by atoms with E-state index < -0.39 is 0 Å². The smallest absolute Gasteiger partial charge is 0.254 e. The first-order valence-corrected chi connectivity index (χ1v) is 7.96. The number of aliphatic hydroxyl groups is 1. The normalized spacial score (nSPS) is 19.1. The van der Waals surface area contributed by atoms with Gasteiger partial charge in [0.05, 0.1) is 0 Å². The van der Waals surface area contributed by atoms with Crippen molar-refractivity contribution in [1.29, 1.82) is 0 Å². The molecule has 1 unspecified atom stereocenters. The van der Waals surface area contributed by atoms with Gasteiger partial charge in [0.15, 0.2) is 0 Å². The van der Waals surface area contributed by atoms with E-state index in [0.717, 1.165) is 38.0 Å². The summed E-state index contributed by atoms with van der Waals surface area (Å²) in [6.45, 7) is 5.75. The molecular formula is C16H23ClN2O2. The van der Waals surface area contributed by atoms with Crippen LogP contribution in [0.25, 0.3) is 0 Å². The van der Waals surface area contributed by atoms with Gasteiger partial charge in [-0.1, -0.05) is 25.4 Å². The Morgan fingerprint density at radius 1 is 1.52 bits per heavy atom. The summed E-state index contributed by atoms with van der Waals surface area (Å²) < 4.78 is 0. The van der Waals surface area contributed by atoms with Crippen LogP contribution in [0.5, 0.6) is 0 Å². The average Bonchev–Trinajstić information content (AvgIpc) is 2.46. The van der Waals surface area contributed by atoms with Crippen molar-refractivity contribution < 1.29 is 9.90 Å². The largest absolute Gasteiger partial charge is 0.396 e. The van der Waals surface area contributed by atoms with Gasteiger partial charge < -0.3 is 10.0 Å². The van der Waals surface area contributed by atoms with Crippen molar-refractivity contribution in [3.8, 4) is 0 Å². The average molecular weight is 311 g/mol. The van der Waals surface area contributed by atoms with Crippen LogP contribution < -0.4 is 0 Å². The summed E-state index contributed by atoms with van der Waals surface area (Å²) in [5.74, 6) is 0.650. The Bertz CT molecular complexity index is 503. The molecule has 116 valence electrons. The SMILES string of the molecule is CC(C)c1cc(C(=O)N2CCCC(CCO)C2)cc(Cl)n1. The van der Waals surface area contributed by atoms with E-state index in [2.05, 4.69) is 4.98 Å². The van der Waals surface area contributed by atoms with Crippen molar-refractivity contribution in [3.05, 3.63) is 28.5 Å². The number of likely N-dealkylation sites (tertiary alicyclic amines) is 1. The van der Waals surface area contributed by atoms with Crippen LogP contribution in [0, 0.1) is 5.92 Å². The number of amides is 1. The van der Waals surface area contributed by atoms with E-state index in [1.807, 2.05) is 24.8 Å². The van der Waals surface area contributed by atoms with E-state index in [1.165, 1.54) is 0 Å². The quantitative estimate of drug-likeness (QED) is 0.869. The summed E-state index contributed by atoms with van der Waals surface area (Å²) in [6, 6.07) is 3.49. The van der Waals surface area contributed by atoms with Gasteiger partial charge in [0.1, 0.15) is 5.15 Å². The number of aromatic nitrogens is 1. The number of hydrogen-bond donors (Lipinski definition) is 1. The first kappa shape index (κ1) is 16.2. The molecule has 1 saturated heterocycles. The molecule has 1 fully saturated rings. The van der Waals surface area contributed by atoms with E-state index in [4.69, 9.17) is 16.7 Å². The van der Waals surface area contributed by atoms with Gasteiger partial charge in [-0.2, -0.15) is 0 Å². The molecule has 1 aromatic heterocycles. The van der Waals surface area contributed by atoms with Gasteiger partial charge in [-0.05, 0) is 43.2 Å². The second-order valence-corrected chi connectivity index (χ2v) is 6.42. The molecule has 0 saturated carbocycles. The van der Waals surface area contributed by atoms with E-state index in [-0.39, 0.29) is 18.4 Å². The minimum absolute atomic E-state index is 0.0174. The second kappa shape index (κ2) is 7.23. The number of carbonyl (C=O) groups excluding carboxylic acids is 1. The summed E-state index contributed by atoms with van der Waals surface area (Å²) in [5, 5.41) is 9.43. The fraction of sp³-hybridized carbons (Fsp3) is 0.625. The molecule has 1 aromatic rings. The number of rotatable bonds is 4. The van der Waals surface area contributed by atoms with Crippen molar-refractivity contribution in [2.75, 3.05) is 19.7 Å². The third-order valence-electron chi connectivity index (χ3n) is 4.00. The number of piperidine rings is 1. The molecule has 0 spiro atoms. The highest BCUT2D eigenvalue weighted by Gasteiger charge is 2.24. The first-order chi connectivity index (χ1) is 10.0. The number of carbonyl (C=O) groups is 1. The van der Waals surface area contributed by atoms with Gasteiger partial charge >= 0.3 is 0 Å². The topological polar surface area (TPSA) is 53.4 Å². The van der Waals surface area contributed by atoms with Crippen LogP contribution in [0.3, 0.4) is 0 Å². The minimum Gasteiger partial charge on any atom is -0.396 e. The molecular weight excluding hydrogens is 288 g/mol. The van der Waals surface area contributed by atoms with Crippen molar-refractivity contribution in [2.24, 2.45) is 5.92 Å². The van der Waals surface area contributed by atoms with Crippen molar-refractivity contribution in [3.63, 3.8) is 0 Å². The molecule has 5 heteroatoms. The highest BCUT2D eigenvalue weighted by molar-refractivity contribution is 6.29. The molecule has 2 rings (SSSR count). The minimum atomic E-state index is 0.0174. The Hall–Kier alpha value is -1.13. The van der Waals surface area contributed by atoms with Gasteiger partial charge in [-0.25, -0.2) is 4.98 Å². The zero-order valence-corrected chi connectivity index (χ0v) is 13.4. The molecule has 1 amide bonds. The van der Waals surface area contributed by atoms with Crippen molar-refractivity contribution in [1.82, 2.24) is 9.88 Å². The Morgan fingerprint density at radius 3 is 2.95 bits per heavy atom. The monoisotopic (exact) mass is 310 g/mol. The predicted octanol–water partition coefficient (Wildman–Crippen LogP) is 3.09. The standard InChI is InChI=1S/C16H23ClN2O2/c1-11(2)14-8-13(9-15(17)18-14)16(21)19-6-3-4-12(10-19)5-7-20/h8-9,11-12,20H,3-7,10H2,1-2H3. The molecule has 1 aliphatic rings. The molecule has 0 radical (unpaired) electrons. The lowest BCUT2D eigenvalue weighted by Gasteiger charge is -2.32. The fourth-order valence-corrected chi connectivity index (χ4v) is 3.00. The van der Waals surface area contributed by atoms with Gasteiger partial charge in [0, 0.05) is 31.0 Å². The predicted molar refractivity (Wildman–Crippen MR) is 83.7 cm³/mol. The number of hydrogen-bond acceptors (Lipinski definition) is 3. The molecule has 4 nitrogen and oxygen atoms in total. The van der Waals surface area contributed by atoms with Crippen LogP contribution in [0.4, 0.5) is 0 Å². The second-order valence-electron chi connectivity index (χ2n) is 6.03. The zero-order valence-electron chi connectivity index (χ0n) is 12.7. The van der Waals surface area contributed by atoms with E-state index in [9.17, 15) is 4.79 Å². The lowest BCUT2D eigenvalue weighted by molar-refractivity contribution is 0.0653. The summed E-state index contributed by atoms with van der Waals surface area (Å²) in [5.41, 5.74) is 1.46. The summed E-state index contributed by atoms with van der Waals surface area (Å²) in [6.07, 6.45) is 2.84. The Morgan fingerprint density at radius 2 is 2.29 bits per heavy atom.